The molecule has 0 spiro atoms. The van der Waals surface area contributed by atoms with E-state index in [-0.39, 0.29) is 16.5 Å². The number of nitrogens with zero attached hydrogens (tertiary/aromatic N) is 4. The van der Waals surface area contributed by atoms with Crippen LogP contribution in [-0.4, -0.2) is 22.0 Å². The number of furan rings is 1. The second-order valence-corrected chi connectivity index (χ2v) is 6.92. The highest BCUT2D eigenvalue weighted by Crippen LogP contribution is 2.30. The Morgan fingerprint density at radius 1 is 1.13 bits per heavy atom. The van der Waals surface area contributed by atoms with Gasteiger partial charge in [-0.25, -0.2) is 13.8 Å². The fourth-order valence-corrected chi connectivity index (χ4v) is 3.45. The molecule has 4 rings (SSSR count). The van der Waals surface area contributed by atoms with Crippen LogP contribution in [0.2, 0.25) is 0 Å². The van der Waals surface area contributed by atoms with E-state index < -0.39 is 28.3 Å². The summed E-state index contributed by atoms with van der Waals surface area (Å²) >= 11 is 1.02. The predicted octanol–water partition coefficient (Wildman–Crippen LogP) is 4.76. The van der Waals surface area contributed by atoms with Crippen molar-refractivity contribution in [3.63, 3.8) is 0 Å². The Bertz CT molecular complexity index is 1280. The molecule has 0 unspecified atom stereocenters. The van der Waals surface area contributed by atoms with Gasteiger partial charge in [-0.2, -0.15) is 10.1 Å². The van der Waals surface area contributed by atoms with E-state index in [9.17, 15) is 23.7 Å². The van der Waals surface area contributed by atoms with Gasteiger partial charge in [-0.15, -0.1) is 0 Å². The number of amides is 1. The van der Waals surface area contributed by atoms with Gasteiger partial charge in [0.15, 0.2) is 5.76 Å². The number of hydrazone groups is 1. The second-order valence-electron chi connectivity index (χ2n) is 5.91. The van der Waals surface area contributed by atoms with E-state index in [1.807, 2.05) is 0 Å². The van der Waals surface area contributed by atoms with E-state index in [1.165, 1.54) is 36.4 Å². The molecule has 0 N–H and O–H groups in total. The highest BCUT2D eigenvalue weighted by molar-refractivity contribution is 7.22. The molecule has 2 aromatic heterocycles. The van der Waals surface area contributed by atoms with E-state index >= 15 is 0 Å². The van der Waals surface area contributed by atoms with Crippen molar-refractivity contribution in [3.8, 4) is 0 Å². The SMILES string of the molecule is O=C(c1ccc(F)cc1)N(/N=C/c1ccc([N+](=O)[O-])o1)c1nc2ccc(F)cc2s1. The van der Waals surface area contributed by atoms with Gasteiger partial charge in [0.1, 0.15) is 16.6 Å². The second kappa shape index (κ2) is 7.79. The standard InChI is InChI=1S/C19H10F2N4O4S/c20-12-3-1-11(2-4-12)18(26)24(22-10-14-6-8-17(29-14)25(27)28)19-23-15-7-5-13(21)9-16(15)30-19/h1-10H/b22-10+. The lowest BCUT2D eigenvalue weighted by molar-refractivity contribution is -0.402. The number of anilines is 1. The van der Waals surface area contributed by atoms with Gasteiger partial charge in [0.2, 0.25) is 5.13 Å². The first kappa shape index (κ1) is 19.3. The topological polar surface area (TPSA) is 102 Å². The van der Waals surface area contributed by atoms with Crippen molar-refractivity contribution in [2.45, 2.75) is 0 Å². The fourth-order valence-electron chi connectivity index (χ4n) is 2.50. The molecule has 0 saturated carbocycles. The van der Waals surface area contributed by atoms with Gasteiger partial charge in [0.05, 0.1) is 22.5 Å². The number of nitro groups is 1. The lowest BCUT2D eigenvalue weighted by Crippen LogP contribution is -2.25. The van der Waals surface area contributed by atoms with Crippen molar-refractivity contribution in [3.05, 3.63) is 87.7 Å². The summed E-state index contributed by atoms with van der Waals surface area (Å²) in [5, 5.41) is 15.9. The molecule has 11 heteroatoms. The quantitative estimate of drug-likeness (QED) is 0.259. The summed E-state index contributed by atoms with van der Waals surface area (Å²) in [6, 6.07) is 11.3. The van der Waals surface area contributed by atoms with Crippen molar-refractivity contribution in [2.24, 2.45) is 5.10 Å². The molecule has 0 radical (unpaired) electrons. The first-order valence-corrected chi connectivity index (χ1v) is 9.17. The van der Waals surface area contributed by atoms with E-state index in [0.29, 0.717) is 10.2 Å². The fraction of sp³-hybridized carbons (Fsp3) is 0. The zero-order chi connectivity index (χ0) is 21.3. The largest absolute Gasteiger partial charge is 0.433 e. The zero-order valence-electron chi connectivity index (χ0n) is 14.9. The number of carbonyl (C=O) groups excluding carboxylic acids is 1. The average Bonchev–Trinajstić information content (AvgIpc) is 3.35. The molecule has 2 heterocycles. The summed E-state index contributed by atoms with van der Waals surface area (Å²) < 4.78 is 32.2. The molecule has 0 aliphatic rings. The van der Waals surface area contributed by atoms with Crippen molar-refractivity contribution in [2.75, 3.05) is 5.01 Å². The first-order valence-electron chi connectivity index (χ1n) is 8.35. The normalized spacial score (nSPS) is 11.3. The van der Waals surface area contributed by atoms with E-state index in [4.69, 9.17) is 4.42 Å². The first-order chi connectivity index (χ1) is 14.4. The van der Waals surface area contributed by atoms with Crippen LogP contribution in [0.3, 0.4) is 0 Å². The molecule has 30 heavy (non-hydrogen) atoms. The summed E-state index contributed by atoms with van der Waals surface area (Å²) in [5.41, 5.74) is 0.585. The smallest absolute Gasteiger partial charge is 0.400 e. The molecule has 0 aliphatic heterocycles. The Morgan fingerprint density at radius 2 is 1.87 bits per heavy atom. The Labute approximate surface area is 170 Å². The minimum atomic E-state index is -0.707. The van der Waals surface area contributed by atoms with Crippen molar-refractivity contribution < 1.29 is 22.9 Å². The Kier molecular flexibility index (Phi) is 5.02. The number of rotatable bonds is 5. The van der Waals surface area contributed by atoms with Crippen LogP contribution in [0.15, 0.2) is 64.1 Å². The Balaban J connectivity index is 1.74. The summed E-state index contributed by atoms with van der Waals surface area (Å²) in [5.74, 6) is -2.05. The molecule has 0 fully saturated rings. The number of hydrogen-bond acceptors (Lipinski definition) is 7. The van der Waals surface area contributed by atoms with Gasteiger partial charge in [-0.05, 0) is 48.5 Å². The highest BCUT2D eigenvalue weighted by atomic mass is 32.1. The lowest BCUT2D eigenvalue weighted by Gasteiger charge is -2.13. The third-order valence-corrected chi connectivity index (χ3v) is 4.89. The van der Waals surface area contributed by atoms with E-state index in [2.05, 4.69) is 10.1 Å². The average molecular weight is 428 g/mol. The zero-order valence-corrected chi connectivity index (χ0v) is 15.7. The highest BCUT2D eigenvalue weighted by Gasteiger charge is 2.22. The van der Waals surface area contributed by atoms with Crippen LogP contribution in [0.4, 0.5) is 19.8 Å². The van der Waals surface area contributed by atoms with Gasteiger partial charge in [-0.1, -0.05) is 11.3 Å². The van der Waals surface area contributed by atoms with Crippen LogP contribution in [-0.2, 0) is 0 Å². The van der Waals surface area contributed by atoms with Crippen LogP contribution >= 0.6 is 11.3 Å². The predicted molar refractivity (Wildman–Crippen MR) is 106 cm³/mol. The molecular weight excluding hydrogens is 418 g/mol. The molecule has 1 amide bonds. The third kappa shape index (κ3) is 3.91. The molecule has 4 aromatic rings. The molecule has 0 saturated heterocycles. The number of thiazole rings is 1. The number of carbonyl (C=O) groups is 1. The summed E-state index contributed by atoms with van der Waals surface area (Å²) in [6.07, 6.45) is 1.11. The van der Waals surface area contributed by atoms with Crippen LogP contribution in [0.1, 0.15) is 16.1 Å². The van der Waals surface area contributed by atoms with Gasteiger partial charge in [0, 0.05) is 5.56 Å². The Morgan fingerprint density at radius 3 is 2.57 bits per heavy atom. The van der Waals surface area contributed by atoms with Crippen LogP contribution < -0.4 is 5.01 Å². The van der Waals surface area contributed by atoms with Gasteiger partial charge >= 0.3 is 5.88 Å². The monoisotopic (exact) mass is 428 g/mol. The molecule has 0 atom stereocenters. The van der Waals surface area contributed by atoms with E-state index in [1.54, 1.807) is 0 Å². The maximum absolute atomic E-state index is 13.5. The number of aromatic nitrogens is 1. The van der Waals surface area contributed by atoms with Gasteiger partial charge in [-0.3, -0.25) is 14.9 Å². The minimum Gasteiger partial charge on any atom is -0.400 e. The van der Waals surface area contributed by atoms with Crippen LogP contribution in [0.25, 0.3) is 10.2 Å². The van der Waals surface area contributed by atoms with Crippen molar-refractivity contribution in [1.82, 2.24) is 4.98 Å². The Hall–Kier alpha value is -3.99. The number of hydrogen-bond donors (Lipinski definition) is 0. The number of fused-ring (bicyclic) bond motifs is 1. The van der Waals surface area contributed by atoms with E-state index in [0.717, 1.165) is 40.8 Å². The third-order valence-electron chi connectivity index (χ3n) is 3.90. The van der Waals surface area contributed by atoms with Crippen molar-refractivity contribution >= 4 is 44.7 Å². The number of halogens is 2. The van der Waals surface area contributed by atoms with Crippen LogP contribution in [0.5, 0.6) is 0 Å². The minimum absolute atomic E-state index is 0.0331. The summed E-state index contributed by atoms with van der Waals surface area (Å²) in [7, 11) is 0. The number of benzene rings is 2. The molecule has 8 nitrogen and oxygen atoms in total. The van der Waals surface area contributed by atoms with Gasteiger partial charge < -0.3 is 4.42 Å². The molecule has 150 valence electrons. The summed E-state index contributed by atoms with van der Waals surface area (Å²) in [4.78, 5) is 27.3. The van der Waals surface area contributed by atoms with Crippen LogP contribution in [0, 0.1) is 21.7 Å². The lowest BCUT2D eigenvalue weighted by atomic mass is 10.2. The molecular formula is C19H10F2N4O4S. The maximum atomic E-state index is 13.5. The molecule has 0 bridgehead atoms. The molecule has 2 aromatic carbocycles. The van der Waals surface area contributed by atoms with Crippen molar-refractivity contribution in [1.29, 1.82) is 0 Å². The maximum Gasteiger partial charge on any atom is 0.433 e. The summed E-state index contributed by atoms with van der Waals surface area (Å²) in [6.45, 7) is 0. The van der Waals surface area contributed by atoms with Gasteiger partial charge in [0.25, 0.3) is 5.91 Å². The molecule has 0 aliphatic carbocycles.